The summed E-state index contributed by atoms with van der Waals surface area (Å²) in [5.41, 5.74) is 17.3. The van der Waals surface area contributed by atoms with Crippen LogP contribution in [0.3, 0.4) is 0 Å². The fourth-order valence-corrected chi connectivity index (χ4v) is 4.66. The van der Waals surface area contributed by atoms with Crippen LogP contribution in [0, 0.1) is 18.8 Å². The number of unbranched alkanes of at least 4 members (excludes halogenated alkanes) is 8. The van der Waals surface area contributed by atoms with Gasteiger partial charge in [-0.25, -0.2) is 0 Å². The smallest absolute Gasteiger partial charge is 0.304 e. The van der Waals surface area contributed by atoms with Crippen molar-refractivity contribution in [2.24, 2.45) is 0 Å². The molecule has 0 unspecified atom stereocenters. The lowest BCUT2D eigenvalue weighted by atomic mass is 9.86. The SMILES string of the molecule is CCCC#CC(C(=C=[N+]=[N-])CCCCC)=C(c1cccc(C)c1)c1cccc(CCCCCCCC)c1. The van der Waals surface area contributed by atoms with Crippen LogP contribution < -0.4 is 0 Å². The Hall–Kier alpha value is -3.10. The maximum atomic E-state index is 9.52. The standard InChI is InChI=1S/C35H46N2/c1-5-8-11-12-13-16-20-30-21-18-24-32(27-30)35(31-23-17-19-29(4)26-31)34(25-15-10-7-3)33(28-37-36)22-14-9-6-2/h17-19,21,23-24,26-27H,5-14,16,20,22H2,1-4H3. The molecule has 0 fully saturated rings. The number of benzene rings is 2. The fourth-order valence-electron chi connectivity index (χ4n) is 4.66. The number of hydrogen-bond donors (Lipinski definition) is 0. The first kappa shape index (κ1) is 30.1. The van der Waals surface area contributed by atoms with Crippen LogP contribution >= 0.6 is 0 Å². The molecule has 0 aliphatic rings. The Bertz CT molecular complexity index is 1150. The first-order valence-electron chi connectivity index (χ1n) is 14.5. The number of hydrogen-bond acceptors (Lipinski definition) is 0. The van der Waals surface area contributed by atoms with Crippen molar-refractivity contribution < 1.29 is 4.79 Å². The summed E-state index contributed by atoms with van der Waals surface area (Å²) in [6.07, 6.45) is 14.8. The predicted octanol–water partition coefficient (Wildman–Crippen LogP) is 9.91. The Morgan fingerprint density at radius 1 is 0.784 bits per heavy atom. The molecule has 0 saturated heterocycles. The molecular weight excluding hydrogens is 448 g/mol. The first-order valence-corrected chi connectivity index (χ1v) is 14.5. The van der Waals surface area contributed by atoms with Crippen LogP contribution in [0.25, 0.3) is 11.1 Å². The highest BCUT2D eigenvalue weighted by Gasteiger charge is 2.17. The molecular formula is C35H46N2. The minimum atomic E-state index is 0.792. The third-order valence-corrected chi connectivity index (χ3v) is 6.70. The van der Waals surface area contributed by atoms with E-state index in [1.165, 1.54) is 55.2 Å². The quantitative estimate of drug-likeness (QED) is 0.0590. The zero-order valence-electron chi connectivity index (χ0n) is 23.7. The van der Waals surface area contributed by atoms with E-state index < -0.39 is 0 Å². The molecule has 0 saturated carbocycles. The zero-order valence-corrected chi connectivity index (χ0v) is 23.7. The molecule has 0 spiro atoms. The van der Waals surface area contributed by atoms with Crippen LogP contribution in [0.15, 0.2) is 59.7 Å². The first-order chi connectivity index (χ1) is 18.1. The summed E-state index contributed by atoms with van der Waals surface area (Å²) in [6, 6.07) is 17.6. The van der Waals surface area contributed by atoms with E-state index in [9.17, 15) is 5.53 Å². The van der Waals surface area contributed by atoms with Crippen LogP contribution in [0.1, 0.15) is 120 Å². The molecule has 0 amide bonds. The molecule has 0 bridgehead atoms. The van der Waals surface area contributed by atoms with Gasteiger partial charge >= 0.3 is 5.87 Å². The molecule has 0 heterocycles. The summed E-state index contributed by atoms with van der Waals surface area (Å²) in [4.78, 5) is 3.35. The van der Waals surface area contributed by atoms with E-state index in [-0.39, 0.29) is 0 Å². The van der Waals surface area contributed by atoms with E-state index in [1.54, 1.807) is 0 Å². The van der Waals surface area contributed by atoms with Crippen molar-refractivity contribution in [3.63, 3.8) is 0 Å². The molecule has 0 atom stereocenters. The van der Waals surface area contributed by atoms with Gasteiger partial charge in [0.2, 0.25) is 0 Å². The molecule has 196 valence electrons. The minimum Gasteiger partial charge on any atom is -0.348 e. The van der Waals surface area contributed by atoms with Gasteiger partial charge in [0.15, 0.2) is 0 Å². The molecule has 2 nitrogen and oxygen atoms in total. The third kappa shape index (κ3) is 10.8. The molecule has 2 aromatic rings. The van der Waals surface area contributed by atoms with Crippen molar-refractivity contribution in [2.45, 2.75) is 111 Å². The molecule has 2 heteroatoms. The van der Waals surface area contributed by atoms with Crippen LogP contribution in [-0.4, -0.2) is 10.7 Å². The highest BCUT2D eigenvalue weighted by Crippen LogP contribution is 2.32. The van der Waals surface area contributed by atoms with E-state index in [1.807, 2.05) is 0 Å². The summed E-state index contributed by atoms with van der Waals surface area (Å²) in [7, 11) is 0. The average Bonchev–Trinajstić information content (AvgIpc) is 2.90. The molecule has 37 heavy (non-hydrogen) atoms. The van der Waals surface area contributed by atoms with Crippen molar-refractivity contribution >= 4 is 11.4 Å². The Kier molecular flexibility index (Phi) is 14.8. The normalized spacial score (nSPS) is 11.1. The summed E-state index contributed by atoms with van der Waals surface area (Å²) >= 11 is 0. The highest BCUT2D eigenvalue weighted by atomic mass is 14.8. The maximum Gasteiger partial charge on any atom is 0.304 e. The van der Waals surface area contributed by atoms with Crippen molar-refractivity contribution in [3.05, 3.63) is 87.5 Å². The monoisotopic (exact) mass is 494 g/mol. The molecule has 0 radical (unpaired) electrons. The van der Waals surface area contributed by atoms with Gasteiger partial charge in [-0.3, -0.25) is 0 Å². The second-order valence-electron chi connectivity index (χ2n) is 10.0. The average molecular weight is 495 g/mol. The van der Waals surface area contributed by atoms with Gasteiger partial charge in [-0.2, -0.15) is 0 Å². The van der Waals surface area contributed by atoms with E-state index in [0.29, 0.717) is 0 Å². The second kappa shape index (κ2) is 18.2. The van der Waals surface area contributed by atoms with Gasteiger partial charge in [0.25, 0.3) is 0 Å². The third-order valence-electron chi connectivity index (χ3n) is 6.70. The van der Waals surface area contributed by atoms with E-state index in [2.05, 4.69) is 98.7 Å². The molecule has 0 aliphatic carbocycles. The largest absolute Gasteiger partial charge is 0.348 e. The van der Waals surface area contributed by atoms with Crippen molar-refractivity contribution in [1.82, 2.24) is 0 Å². The fraction of sp³-hybridized carbons (Fsp3) is 0.486. The van der Waals surface area contributed by atoms with Crippen LogP contribution in [-0.2, 0) is 6.42 Å². The molecule has 0 aromatic heterocycles. The summed E-state index contributed by atoms with van der Waals surface area (Å²) in [5.74, 6) is 9.79. The number of rotatable bonds is 15. The van der Waals surface area contributed by atoms with E-state index in [0.717, 1.165) is 67.2 Å². The van der Waals surface area contributed by atoms with Crippen molar-refractivity contribution in [3.8, 4) is 11.8 Å². The lowest BCUT2D eigenvalue weighted by Gasteiger charge is -2.15. The highest BCUT2D eigenvalue weighted by molar-refractivity contribution is 5.90. The molecule has 2 aromatic carbocycles. The predicted molar refractivity (Wildman–Crippen MR) is 160 cm³/mol. The number of aryl methyl sites for hydroxylation is 2. The topological polar surface area (TPSA) is 36.4 Å². The lowest BCUT2D eigenvalue weighted by molar-refractivity contribution is 0.00743. The van der Waals surface area contributed by atoms with Gasteiger partial charge in [-0.1, -0.05) is 132 Å². The van der Waals surface area contributed by atoms with Gasteiger partial charge < -0.3 is 5.53 Å². The van der Waals surface area contributed by atoms with Crippen LogP contribution in [0.2, 0.25) is 0 Å². The molecule has 0 N–H and O–H groups in total. The van der Waals surface area contributed by atoms with Crippen molar-refractivity contribution in [1.29, 1.82) is 0 Å². The van der Waals surface area contributed by atoms with Gasteiger partial charge in [0.05, 0.1) is 11.1 Å². The Morgan fingerprint density at radius 3 is 2.16 bits per heavy atom. The van der Waals surface area contributed by atoms with Gasteiger partial charge in [-0.05, 0) is 55.7 Å². The van der Waals surface area contributed by atoms with Crippen LogP contribution in [0.4, 0.5) is 0 Å². The van der Waals surface area contributed by atoms with Gasteiger partial charge in [0.1, 0.15) is 0 Å². The van der Waals surface area contributed by atoms with Gasteiger partial charge in [0, 0.05) is 12.0 Å². The Balaban J connectivity index is 2.61. The second-order valence-corrected chi connectivity index (χ2v) is 10.0. The lowest BCUT2D eigenvalue weighted by Crippen LogP contribution is -2.00. The van der Waals surface area contributed by atoms with E-state index in [4.69, 9.17) is 0 Å². The van der Waals surface area contributed by atoms with E-state index >= 15 is 0 Å². The summed E-state index contributed by atoms with van der Waals surface area (Å²) < 4.78 is 0. The summed E-state index contributed by atoms with van der Waals surface area (Å²) in [6.45, 7) is 8.75. The zero-order chi connectivity index (χ0) is 26.7. The Morgan fingerprint density at radius 2 is 1.46 bits per heavy atom. The Labute approximate surface area is 226 Å². The minimum absolute atomic E-state index is 0.792. The summed E-state index contributed by atoms with van der Waals surface area (Å²) in [5, 5.41) is 0. The van der Waals surface area contributed by atoms with Crippen molar-refractivity contribution in [2.75, 3.05) is 0 Å². The number of nitrogens with zero attached hydrogens (tertiary/aromatic N) is 2. The maximum absolute atomic E-state index is 9.52. The number of allylic oxidation sites excluding steroid dienone is 2. The molecule has 2 rings (SSSR count). The molecule has 0 aliphatic heterocycles. The van der Waals surface area contributed by atoms with Crippen LogP contribution in [0.5, 0.6) is 0 Å². The van der Waals surface area contributed by atoms with Gasteiger partial charge in [-0.15, -0.1) is 4.79 Å².